The average Bonchev–Trinajstić information content (AvgIpc) is 2.67. The highest BCUT2D eigenvalue weighted by Gasteiger charge is 2.37. The monoisotopic (exact) mass is 434 g/mol. The Morgan fingerprint density at radius 2 is 1.93 bits per heavy atom. The standard InChI is InChI=1S/C22H28BrFN2O/c1-5-12-25-15-22(16(2)3,20-13-18(23)8-11-21(20)24)26-14-17-6-9-19(27-4)10-7-17/h5-11,13,16,25-26H,1,12,14-15H2,2-4H3. The zero-order valence-electron chi connectivity index (χ0n) is 16.2. The summed E-state index contributed by atoms with van der Waals surface area (Å²) in [7, 11) is 1.65. The third-order valence-electron chi connectivity index (χ3n) is 4.85. The van der Waals surface area contributed by atoms with Crippen LogP contribution in [0.25, 0.3) is 0 Å². The second kappa shape index (κ2) is 10.0. The summed E-state index contributed by atoms with van der Waals surface area (Å²) in [5, 5.41) is 7.01. The molecule has 0 saturated heterocycles. The molecule has 0 heterocycles. The lowest BCUT2D eigenvalue weighted by molar-refractivity contribution is 0.220. The number of nitrogens with one attached hydrogen (secondary N) is 2. The Balaban J connectivity index is 2.36. The molecule has 3 nitrogen and oxygen atoms in total. The van der Waals surface area contributed by atoms with Crippen molar-refractivity contribution < 1.29 is 9.13 Å². The van der Waals surface area contributed by atoms with Crippen LogP contribution >= 0.6 is 15.9 Å². The van der Waals surface area contributed by atoms with E-state index in [4.69, 9.17) is 4.74 Å². The lowest BCUT2D eigenvalue weighted by Crippen LogP contribution is -2.53. The van der Waals surface area contributed by atoms with Crippen LogP contribution < -0.4 is 15.4 Å². The molecule has 27 heavy (non-hydrogen) atoms. The van der Waals surface area contributed by atoms with Crippen LogP contribution in [0.3, 0.4) is 0 Å². The van der Waals surface area contributed by atoms with Crippen molar-refractivity contribution in [2.45, 2.75) is 25.9 Å². The number of ether oxygens (including phenoxy) is 1. The molecule has 146 valence electrons. The SMILES string of the molecule is C=CCNCC(NCc1ccc(OC)cc1)(c1cc(Br)ccc1F)C(C)C. The van der Waals surface area contributed by atoms with Gasteiger partial charge in [0.25, 0.3) is 0 Å². The van der Waals surface area contributed by atoms with Crippen molar-refractivity contribution in [2.75, 3.05) is 20.2 Å². The van der Waals surface area contributed by atoms with Crippen molar-refractivity contribution in [1.82, 2.24) is 10.6 Å². The van der Waals surface area contributed by atoms with Gasteiger partial charge in [-0.15, -0.1) is 6.58 Å². The molecule has 0 bridgehead atoms. The summed E-state index contributed by atoms with van der Waals surface area (Å²) >= 11 is 3.49. The summed E-state index contributed by atoms with van der Waals surface area (Å²) in [4.78, 5) is 0. The van der Waals surface area contributed by atoms with E-state index in [9.17, 15) is 4.39 Å². The maximum atomic E-state index is 14.8. The lowest BCUT2D eigenvalue weighted by atomic mass is 9.79. The third kappa shape index (κ3) is 5.41. The van der Waals surface area contributed by atoms with Gasteiger partial charge >= 0.3 is 0 Å². The van der Waals surface area contributed by atoms with E-state index in [1.54, 1.807) is 13.2 Å². The second-order valence-electron chi connectivity index (χ2n) is 6.87. The van der Waals surface area contributed by atoms with Crippen molar-refractivity contribution in [3.63, 3.8) is 0 Å². The van der Waals surface area contributed by atoms with E-state index in [1.165, 1.54) is 6.07 Å². The van der Waals surface area contributed by atoms with Crippen LogP contribution in [0.5, 0.6) is 5.75 Å². The first-order chi connectivity index (χ1) is 12.9. The van der Waals surface area contributed by atoms with Crippen molar-refractivity contribution in [3.8, 4) is 5.75 Å². The molecule has 5 heteroatoms. The van der Waals surface area contributed by atoms with E-state index in [1.807, 2.05) is 36.4 Å². The maximum Gasteiger partial charge on any atom is 0.128 e. The Labute approximate surface area is 170 Å². The van der Waals surface area contributed by atoms with Gasteiger partial charge in [0.1, 0.15) is 11.6 Å². The fourth-order valence-electron chi connectivity index (χ4n) is 3.19. The maximum absolute atomic E-state index is 14.8. The molecule has 0 aliphatic heterocycles. The van der Waals surface area contributed by atoms with E-state index in [0.29, 0.717) is 25.2 Å². The summed E-state index contributed by atoms with van der Waals surface area (Å²) in [5.74, 6) is 0.756. The molecular formula is C22H28BrFN2O. The lowest BCUT2D eigenvalue weighted by Gasteiger charge is -2.40. The van der Waals surface area contributed by atoms with Gasteiger partial charge in [-0.05, 0) is 41.8 Å². The van der Waals surface area contributed by atoms with Crippen LogP contribution in [0, 0.1) is 11.7 Å². The quantitative estimate of drug-likeness (QED) is 0.407. The number of methoxy groups -OCH3 is 1. The molecule has 2 aromatic rings. The van der Waals surface area contributed by atoms with Crippen LogP contribution in [-0.4, -0.2) is 20.2 Å². The molecule has 0 radical (unpaired) electrons. The summed E-state index contributed by atoms with van der Waals surface area (Å²) in [6, 6.07) is 13.0. The summed E-state index contributed by atoms with van der Waals surface area (Å²) < 4.78 is 20.9. The smallest absolute Gasteiger partial charge is 0.128 e. The van der Waals surface area contributed by atoms with Gasteiger partial charge in [0.05, 0.1) is 12.6 Å². The molecule has 0 saturated carbocycles. The normalized spacial score (nSPS) is 13.4. The van der Waals surface area contributed by atoms with Crippen LogP contribution in [0.15, 0.2) is 59.6 Å². The number of benzene rings is 2. The minimum atomic E-state index is -0.573. The molecular weight excluding hydrogens is 407 g/mol. The molecule has 0 aromatic heterocycles. The molecule has 0 aliphatic rings. The van der Waals surface area contributed by atoms with Gasteiger partial charge in [-0.1, -0.05) is 48.0 Å². The van der Waals surface area contributed by atoms with Crippen molar-refractivity contribution in [2.24, 2.45) is 5.92 Å². The average molecular weight is 435 g/mol. The molecule has 0 spiro atoms. The van der Waals surface area contributed by atoms with Crippen molar-refractivity contribution in [3.05, 3.63) is 76.5 Å². The number of hydrogen-bond donors (Lipinski definition) is 2. The van der Waals surface area contributed by atoms with Gasteiger partial charge in [-0.25, -0.2) is 4.39 Å². The first kappa shape index (κ1) is 21.6. The highest BCUT2D eigenvalue weighted by Crippen LogP contribution is 2.33. The minimum Gasteiger partial charge on any atom is -0.497 e. The van der Waals surface area contributed by atoms with Gasteiger partial charge < -0.3 is 15.4 Å². The van der Waals surface area contributed by atoms with E-state index in [-0.39, 0.29) is 11.7 Å². The predicted molar refractivity (Wildman–Crippen MR) is 114 cm³/mol. The second-order valence-corrected chi connectivity index (χ2v) is 7.79. The first-order valence-corrected chi connectivity index (χ1v) is 9.87. The predicted octanol–water partition coefficient (Wildman–Crippen LogP) is 5.01. The number of rotatable bonds is 10. The molecule has 0 fully saturated rings. The summed E-state index contributed by atoms with van der Waals surface area (Å²) in [6.07, 6.45) is 1.81. The van der Waals surface area contributed by atoms with E-state index in [2.05, 4.69) is 47.0 Å². The van der Waals surface area contributed by atoms with E-state index >= 15 is 0 Å². The zero-order valence-corrected chi connectivity index (χ0v) is 17.8. The highest BCUT2D eigenvalue weighted by molar-refractivity contribution is 9.10. The first-order valence-electron chi connectivity index (χ1n) is 9.08. The van der Waals surface area contributed by atoms with Gasteiger partial charge in [0.15, 0.2) is 0 Å². The number of halogens is 2. The summed E-state index contributed by atoms with van der Waals surface area (Å²) in [5.41, 5.74) is 1.19. The minimum absolute atomic E-state index is 0.150. The van der Waals surface area contributed by atoms with E-state index in [0.717, 1.165) is 15.8 Å². The van der Waals surface area contributed by atoms with Gasteiger partial charge in [0, 0.05) is 29.7 Å². The highest BCUT2D eigenvalue weighted by atomic mass is 79.9. The van der Waals surface area contributed by atoms with Crippen LogP contribution in [0.1, 0.15) is 25.0 Å². The Kier molecular flexibility index (Phi) is 8.02. The number of hydrogen-bond acceptors (Lipinski definition) is 3. The molecule has 2 aromatic carbocycles. The van der Waals surface area contributed by atoms with Gasteiger partial charge in [-0.2, -0.15) is 0 Å². The fourth-order valence-corrected chi connectivity index (χ4v) is 3.55. The van der Waals surface area contributed by atoms with Crippen LogP contribution in [-0.2, 0) is 12.1 Å². The van der Waals surface area contributed by atoms with Gasteiger partial charge in [-0.3, -0.25) is 0 Å². The Morgan fingerprint density at radius 3 is 2.52 bits per heavy atom. The zero-order chi connectivity index (χ0) is 19.9. The molecule has 2 N–H and O–H groups in total. The van der Waals surface area contributed by atoms with Crippen molar-refractivity contribution in [1.29, 1.82) is 0 Å². The Hall–Kier alpha value is -1.69. The Morgan fingerprint density at radius 1 is 1.22 bits per heavy atom. The Bertz CT molecular complexity index is 748. The van der Waals surface area contributed by atoms with E-state index < -0.39 is 5.54 Å². The van der Waals surface area contributed by atoms with Crippen molar-refractivity contribution >= 4 is 15.9 Å². The van der Waals surface area contributed by atoms with Crippen LogP contribution in [0.4, 0.5) is 4.39 Å². The molecule has 0 amide bonds. The van der Waals surface area contributed by atoms with Gasteiger partial charge in [0.2, 0.25) is 0 Å². The molecule has 1 unspecified atom stereocenters. The molecule has 2 rings (SSSR count). The molecule has 1 atom stereocenters. The fraction of sp³-hybridized carbons (Fsp3) is 0.364. The summed E-state index contributed by atoms with van der Waals surface area (Å²) in [6.45, 7) is 9.84. The largest absolute Gasteiger partial charge is 0.497 e. The van der Waals surface area contributed by atoms with Crippen LogP contribution in [0.2, 0.25) is 0 Å². The third-order valence-corrected chi connectivity index (χ3v) is 5.35. The molecule has 0 aliphatic carbocycles. The topological polar surface area (TPSA) is 33.3 Å².